The van der Waals surface area contributed by atoms with Gasteiger partial charge in [-0.05, 0) is 54.3 Å². The molecule has 28 heavy (non-hydrogen) atoms. The Hall–Kier alpha value is -2.78. The molecule has 2 aromatic carbocycles. The van der Waals surface area contributed by atoms with Crippen molar-refractivity contribution in [3.63, 3.8) is 0 Å². The van der Waals surface area contributed by atoms with Gasteiger partial charge in [-0.3, -0.25) is 4.79 Å². The Balaban J connectivity index is 1.53. The van der Waals surface area contributed by atoms with E-state index in [1.54, 1.807) is 12.1 Å². The molecular weight excluding hydrogens is 380 g/mol. The van der Waals surface area contributed by atoms with E-state index in [1.807, 2.05) is 31.2 Å². The fourth-order valence-corrected chi connectivity index (χ4v) is 5.05. The first-order valence-electron chi connectivity index (χ1n) is 9.04. The van der Waals surface area contributed by atoms with Crippen molar-refractivity contribution in [3.05, 3.63) is 48.0 Å². The molecular formula is C19H20N4O4S. The molecule has 9 heteroatoms. The summed E-state index contributed by atoms with van der Waals surface area (Å²) in [6.07, 6.45) is 1.25. The topological polar surface area (TPSA) is 105 Å². The van der Waals surface area contributed by atoms with Crippen LogP contribution in [-0.4, -0.2) is 42.0 Å². The van der Waals surface area contributed by atoms with E-state index in [2.05, 4.69) is 20.3 Å². The molecule has 1 N–H and O–H groups in total. The third-order valence-electron chi connectivity index (χ3n) is 4.94. The Labute approximate surface area is 162 Å². The summed E-state index contributed by atoms with van der Waals surface area (Å²) in [5.74, 6) is -0.593. The molecule has 1 saturated heterocycles. The predicted octanol–water partition coefficient (Wildman–Crippen LogP) is 2.57. The summed E-state index contributed by atoms with van der Waals surface area (Å²) in [6.45, 7) is 2.46. The molecule has 3 aromatic rings. The highest BCUT2D eigenvalue weighted by molar-refractivity contribution is 7.89. The van der Waals surface area contributed by atoms with Gasteiger partial charge in [-0.15, -0.1) is 0 Å². The van der Waals surface area contributed by atoms with Gasteiger partial charge in [-0.2, -0.15) is 4.31 Å². The van der Waals surface area contributed by atoms with Crippen molar-refractivity contribution in [1.82, 2.24) is 14.6 Å². The molecule has 8 nitrogen and oxygen atoms in total. The second-order valence-electron chi connectivity index (χ2n) is 6.95. The number of carbonyl (C=O) groups is 1. The minimum absolute atomic E-state index is 0.0471. The van der Waals surface area contributed by atoms with E-state index >= 15 is 0 Å². The number of aryl methyl sites for hydroxylation is 1. The average molecular weight is 400 g/mol. The number of fused-ring (bicyclic) bond motifs is 1. The molecule has 1 aromatic heterocycles. The summed E-state index contributed by atoms with van der Waals surface area (Å²) >= 11 is 0. The zero-order valence-electron chi connectivity index (χ0n) is 15.3. The second kappa shape index (κ2) is 7.33. The van der Waals surface area contributed by atoms with Crippen LogP contribution in [-0.2, 0) is 14.8 Å². The van der Waals surface area contributed by atoms with Crippen LogP contribution >= 0.6 is 0 Å². The molecule has 1 aliphatic heterocycles. The van der Waals surface area contributed by atoms with Crippen LogP contribution in [0.5, 0.6) is 0 Å². The number of aromatic nitrogens is 2. The molecule has 0 radical (unpaired) electrons. The van der Waals surface area contributed by atoms with Gasteiger partial charge in [0.1, 0.15) is 10.4 Å². The molecule has 1 aliphatic rings. The molecule has 4 rings (SSSR count). The van der Waals surface area contributed by atoms with Gasteiger partial charge in [0, 0.05) is 18.8 Å². The van der Waals surface area contributed by atoms with Gasteiger partial charge in [0.25, 0.3) is 0 Å². The van der Waals surface area contributed by atoms with Gasteiger partial charge in [0.15, 0.2) is 5.52 Å². The smallest absolute Gasteiger partial charge is 0.245 e. The van der Waals surface area contributed by atoms with Crippen molar-refractivity contribution in [2.24, 2.45) is 5.92 Å². The first-order chi connectivity index (χ1) is 13.4. The molecule has 0 spiro atoms. The van der Waals surface area contributed by atoms with E-state index in [0.29, 0.717) is 30.6 Å². The predicted molar refractivity (Wildman–Crippen MR) is 103 cm³/mol. The lowest BCUT2D eigenvalue weighted by Crippen LogP contribution is -2.43. The van der Waals surface area contributed by atoms with E-state index < -0.39 is 15.9 Å². The van der Waals surface area contributed by atoms with Crippen LogP contribution in [0.2, 0.25) is 0 Å². The largest absolute Gasteiger partial charge is 0.326 e. The van der Waals surface area contributed by atoms with E-state index in [9.17, 15) is 13.2 Å². The molecule has 0 saturated carbocycles. The summed E-state index contributed by atoms with van der Waals surface area (Å²) in [6, 6.07) is 12.2. The maximum atomic E-state index is 13.1. The number of rotatable bonds is 4. The molecule has 1 amide bonds. The fraction of sp³-hybridized carbons (Fsp3) is 0.316. The highest BCUT2D eigenvalue weighted by Gasteiger charge is 2.34. The van der Waals surface area contributed by atoms with Crippen LogP contribution in [0.25, 0.3) is 11.0 Å². The zero-order chi connectivity index (χ0) is 19.7. The first-order valence-corrected chi connectivity index (χ1v) is 10.5. The minimum Gasteiger partial charge on any atom is -0.326 e. The minimum atomic E-state index is -3.81. The number of anilines is 1. The Kier molecular flexibility index (Phi) is 4.86. The Morgan fingerprint density at radius 2 is 1.96 bits per heavy atom. The molecule has 1 atom stereocenters. The van der Waals surface area contributed by atoms with Crippen molar-refractivity contribution < 1.29 is 17.8 Å². The lowest BCUT2D eigenvalue weighted by atomic mass is 9.98. The molecule has 2 heterocycles. The summed E-state index contributed by atoms with van der Waals surface area (Å²) in [5, 5.41) is 10.3. The molecule has 0 bridgehead atoms. The highest BCUT2D eigenvalue weighted by Crippen LogP contribution is 2.28. The average Bonchev–Trinajstić information content (AvgIpc) is 3.18. The molecule has 1 fully saturated rings. The quantitative estimate of drug-likeness (QED) is 0.722. The van der Waals surface area contributed by atoms with Crippen LogP contribution in [0.3, 0.4) is 0 Å². The SMILES string of the molecule is Cc1ccc(NC(=O)[C@H]2CCCN(S(=O)(=O)c3cccc4nonc34)C2)cc1. The van der Waals surface area contributed by atoms with Gasteiger partial charge in [0.2, 0.25) is 15.9 Å². The Morgan fingerprint density at radius 3 is 2.75 bits per heavy atom. The summed E-state index contributed by atoms with van der Waals surface area (Å²) in [4.78, 5) is 12.7. The van der Waals surface area contributed by atoms with Crippen molar-refractivity contribution in [3.8, 4) is 0 Å². The number of benzene rings is 2. The molecule has 0 unspecified atom stereocenters. The molecule has 146 valence electrons. The van der Waals surface area contributed by atoms with Gasteiger partial charge >= 0.3 is 0 Å². The number of hydrogen-bond donors (Lipinski definition) is 1. The van der Waals surface area contributed by atoms with Gasteiger partial charge in [-0.25, -0.2) is 13.0 Å². The van der Waals surface area contributed by atoms with E-state index in [0.717, 1.165) is 5.56 Å². The number of hydrogen-bond acceptors (Lipinski definition) is 6. The lowest BCUT2D eigenvalue weighted by molar-refractivity contribution is -0.120. The molecule has 0 aliphatic carbocycles. The van der Waals surface area contributed by atoms with Crippen molar-refractivity contribution in [2.45, 2.75) is 24.7 Å². The number of piperidine rings is 1. The summed E-state index contributed by atoms with van der Waals surface area (Å²) in [5.41, 5.74) is 2.39. The van der Waals surface area contributed by atoms with Crippen molar-refractivity contribution in [1.29, 1.82) is 0 Å². The van der Waals surface area contributed by atoms with Crippen LogP contribution in [0.4, 0.5) is 5.69 Å². The van der Waals surface area contributed by atoms with E-state index in [4.69, 9.17) is 0 Å². The number of nitrogens with one attached hydrogen (secondary N) is 1. The van der Waals surface area contributed by atoms with Gasteiger partial charge in [-0.1, -0.05) is 23.8 Å². The Bertz CT molecular complexity index is 1110. The number of sulfonamides is 1. The standard InChI is InChI=1S/C19H20N4O4S/c1-13-7-9-15(10-8-13)20-19(24)14-4-3-11-23(12-14)28(25,26)17-6-2-5-16-18(17)22-27-21-16/h2,5-10,14H,3-4,11-12H2,1H3,(H,20,24)/t14-/m0/s1. The van der Waals surface area contributed by atoms with Gasteiger partial charge in [0.05, 0.1) is 5.92 Å². The summed E-state index contributed by atoms with van der Waals surface area (Å²) < 4.78 is 32.3. The highest BCUT2D eigenvalue weighted by atomic mass is 32.2. The van der Waals surface area contributed by atoms with Crippen LogP contribution < -0.4 is 5.32 Å². The number of amides is 1. The number of nitrogens with zero attached hydrogens (tertiary/aromatic N) is 3. The third-order valence-corrected chi connectivity index (χ3v) is 6.84. The second-order valence-corrected chi connectivity index (χ2v) is 8.85. The maximum Gasteiger partial charge on any atom is 0.245 e. The Morgan fingerprint density at radius 1 is 1.18 bits per heavy atom. The summed E-state index contributed by atoms with van der Waals surface area (Å²) in [7, 11) is -3.81. The van der Waals surface area contributed by atoms with Crippen LogP contribution in [0.15, 0.2) is 52.0 Å². The monoisotopic (exact) mass is 400 g/mol. The third kappa shape index (κ3) is 3.50. The normalized spacial score (nSPS) is 18.2. The van der Waals surface area contributed by atoms with Gasteiger partial charge < -0.3 is 5.32 Å². The van der Waals surface area contributed by atoms with Crippen LogP contribution in [0.1, 0.15) is 18.4 Å². The first kappa shape index (κ1) is 18.6. The zero-order valence-corrected chi connectivity index (χ0v) is 16.1. The fourth-order valence-electron chi connectivity index (χ4n) is 3.38. The van der Waals surface area contributed by atoms with Crippen LogP contribution in [0, 0.1) is 12.8 Å². The van der Waals surface area contributed by atoms with E-state index in [-0.39, 0.29) is 22.9 Å². The van der Waals surface area contributed by atoms with Crippen molar-refractivity contribution >= 4 is 32.7 Å². The van der Waals surface area contributed by atoms with Crippen molar-refractivity contribution in [2.75, 3.05) is 18.4 Å². The van der Waals surface area contributed by atoms with E-state index in [1.165, 1.54) is 10.4 Å². The number of carbonyl (C=O) groups excluding carboxylic acids is 1. The maximum absolute atomic E-state index is 13.1. The lowest BCUT2D eigenvalue weighted by Gasteiger charge is -2.31.